The van der Waals surface area contributed by atoms with Gasteiger partial charge in [0.1, 0.15) is 5.75 Å². The fraction of sp³-hybridized carbons (Fsp3) is 0.125. The van der Waals surface area contributed by atoms with E-state index in [1.807, 2.05) is 29.5 Å². The molecule has 0 aromatic heterocycles. The normalized spacial score (nSPS) is 10.7. The van der Waals surface area contributed by atoms with Gasteiger partial charge in [0, 0.05) is 5.56 Å². The molecule has 0 aliphatic rings. The Morgan fingerprint density at radius 2 is 1.74 bits per heavy atom. The summed E-state index contributed by atoms with van der Waals surface area (Å²) in [6.07, 6.45) is 1.45. The van der Waals surface area contributed by atoms with E-state index in [4.69, 9.17) is 37.4 Å². The minimum absolute atomic E-state index is 0.272. The Kier molecular flexibility index (Phi) is 9.14. The maximum Gasteiger partial charge on any atom is 0.343 e. The Hall–Kier alpha value is -2.82. The highest BCUT2D eigenvalue weighted by atomic mass is 127. The van der Waals surface area contributed by atoms with Crippen LogP contribution in [0.1, 0.15) is 33.2 Å². The summed E-state index contributed by atoms with van der Waals surface area (Å²) in [5.74, 6) is 0.321. The van der Waals surface area contributed by atoms with Crippen molar-refractivity contribution in [2.24, 2.45) is 5.10 Å². The Balaban J connectivity index is 1.76. The molecule has 34 heavy (non-hydrogen) atoms. The van der Waals surface area contributed by atoms with Gasteiger partial charge in [0.05, 0.1) is 39.1 Å². The van der Waals surface area contributed by atoms with Gasteiger partial charge in [-0.15, -0.1) is 0 Å². The number of methoxy groups -OCH3 is 1. The molecule has 10 heteroatoms. The average molecular weight is 613 g/mol. The molecule has 0 fully saturated rings. The number of hydrogen-bond donors (Lipinski definition) is 1. The van der Waals surface area contributed by atoms with Crippen LogP contribution in [0.5, 0.6) is 17.2 Å². The van der Waals surface area contributed by atoms with Gasteiger partial charge in [0.2, 0.25) is 0 Å². The summed E-state index contributed by atoms with van der Waals surface area (Å²) in [5.41, 5.74) is 3.75. The lowest BCUT2D eigenvalue weighted by Crippen LogP contribution is -2.17. The first-order valence-corrected chi connectivity index (χ1v) is 11.8. The molecule has 0 saturated heterocycles. The Morgan fingerprint density at radius 1 is 1.03 bits per heavy atom. The SMILES string of the molecule is CCOc1cc(/C=N\NC(=O)c2ccc(Cl)c(Cl)c2)cc(I)c1OC(=O)c1ccc(OC)cc1. The van der Waals surface area contributed by atoms with E-state index in [0.717, 1.165) is 0 Å². The van der Waals surface area contributed by atoms with Crippen molar-refractivity contribution in [3.63, 3.8) is 0 Å². The van der Waals surface area contributed by atoms with Gasteiger partial charge in [-0.3, -0.25) is 4.79 Å². The summed E-state index contributed by atoms with van der Waals surface area (Å²) in [5, 5.41) is 4.61. The van der Waals surface area contributed by atoms with Crippen molar-refractivity contribution in [3.05, 3.63) is 84.9 Å². The molecule has 176 valence electrons. The highest BCUT2D eigenvalue weighted by Gasteiger charge is 2.17. The van der Waals surface area contributed by atoms with Crippen molar-refractivity contribution >= 4 is 63.9 Å². The van der Waals surface area contributed by atoms with Gasteiger partial charge in [0.25, 0.3) is 5.91 Å². The fourth-order valence-corrected chi connectivity index (χ4v) is 3.80. The standard InChI is InChI=1S/C24H19Cl2IN2O5/c1-3-33-21-11-14(13-28-29-23(30)16-6-9-18(25)19(26)12-16)10-20(27)22(21)34-24(31)15-4-7-17(32-2)8-5-15/h4-13H,3H2,1-2H3,(H,29,30)/b28-13-. The molecule has 3 rings (SSSR count). The molecule has 0 atom stereocenters. The molecule has 0 aliphatic heterocycles. The number of hydrazone groups is 1. The van der Waals surface area contributed by atoms with Crippen LogP contribution in [-0.4, -0.2) is 31.8 Å². The quantitative estimate of drug-likeness (QED) is 0.111. The Morgan fingerprint density at radius 3 is 2.38 bits per heavy atom. The lowest BCUT2D eigenvalue weighted by Gasteiger charge is -2.13. The molecule has 0 spiro atoms. The molecule has 0 aliphatic carbocycles. The van der Waals surface area contributed by atoms with Crippen molar-refractivity contribution in [3.8, 4) is 17.2 Å². The Labute approximate surface area is 220 Å². The van der Waals surface area contributed by atoms with Gasteiger partial charge >= 0.3 is 5.97 Å². The van der Waals surface area contributed by atoms with Crippen molar-refractivity contribution in [1.82, 2.24) is 5.43 Å². The maximum absolute atomic E-state index is 12.6. The fourth-order valence-electron chi connectivity index (χ4n) is 2.77. The molecular formula is C24H19Cl2IN2O5. The van der Waals surface area contributed by atoms with E-state index in [1.165, 1.54) is 18.3 Å². The maximum atomic E-state index is 12.6. The van der Waals surface area contributed by atoms with Crippen molar-refractivity contribution in [2.45, 2.75) is 6.92 Å². The van der Waals surface area contributed by atoms with E-state index in [1.54, 1.807) is 49.6 Å². The number of ether oxygens (including phenoxy) is 3. The first kappa shape index (κ1) is 25.8. The number of carbonyl (C=O) groups is 2. The predicted octanol–water partition coefficient (Wildman–Crippen LogP) is 5.99. The van der Waals surface area contributed by atoms with E-state index in [9.17, 15) is 9.59 Å². The predicted molar refractivity (Wildman–Crippen MR) is 140 cm³/mol. The van der Waals surface area contributed by atoms with Crippen LogP contribution in [0, 0.1) is 3.57 Å². The number of hydrogen-bond acceptors (Lipinski definition) is 6. The summed E-state index contributed by atoms with van der Waals surface area (Å²) in [4.78, 5) is 24.9. The van der Waals surface area contributed by atoms with Gasteiger partial charge in [-0.25, -0.2) is 10.2 Å². The molecule has 0 saturated carbocycles. The third-order valence-corrected chi connectivity index (χ3v) is 5.95. The summed E-state index contributed by atoms with van der Waals surface area (Å²) in [6, 6.07) is 14.5. The lowest BCUT2D eigenvalue weighted by molar-refractivity contribution is 0.0726. The monoisotopic (exact) mass is 612 g/mol. The number of nitrogens with one attached hydrogen (secondary N) is 1. The molecule has 3 aromatic rings. The molecule has 0 heterocycles. The number of esters is 1. The molecule has 0 bridgehead atoms. The van der Waals surface area contributed by atoms with Crippen LogP contribution >= 0.6 is 45.8 Å². The topological polar surface area (TPSA) is 86.2 Å². The van der Waals surface area contributed by atoms with Gasteiger partial charge in [-0.1, -0.05) is 23.2 Å². The second kappa shape index (κ2) is 12.0. The Bertz CT molecular complexity index is 1230. The lowest BCUT2D eigenvalue weighted by atomic mass is 10.2. The van der Waals surface area contributed by atoms with Crippen LogP contribution in [-0.2, 0) is 0 Å². The summed E-state index contributed by atoms with van der Waals surface area (Å²) in [7, 11) is 1.55. The minimum Gasteiger partial charge on any atom is -0.497 e. The first-order chi connectivity index (χ1) is 16.3. The van der Waals surface area contributed by atoms with Gasteiger partial charge < -0.3 is 14.2 Å². The van der Waals surface area contributed by atoms with Crippen molar-refractivity contribution in [1.29, 1.82) is 0 Å². The summed E-state index contributed by atoms with van der Waals surface area (Å²) >= 11 is 13.9. The van der Waals surface area contributed by atoms with Crippen LogP contribution in [0.2, 0.25) is 10.0 Å². The van der Waals surface area contributed by atoms with Crippen LogP contribution in [0.4, 0.5) is 0 Å². The largest absolute Gasteiger partial charge is 0.497 e. The molecular weight excluding hydrogens is 594 g/mol. The van der Waals surface area contributed by atoms with Gasteiger partial charge in [-0.05, 0) is 89.7 Å². The second-order valence-electron chi connectivity index (χ2n) is 6.71. The number of rotatable bonds is 8. The van der Waals surface area contributed by atoms with Crippen LogP contribution in [0.15, 0.2) is 59.7 Å². The number of carbonyl (C=O) groups excluding carboxylic acids is 2. The molecule has 3 aromatic carbocycles. The molecule has 1 N–H and O–H groups in total. The summed E-state index contributed by atoms with van der Waals surface area (Å²) < 4.78 is 17.0. The van der Waals surface area contributed by atoms with Gasteiger partial charge in [-0.2, -0.15) is 5.10 Å². The second-order valence-corrected chi connectivity index (χ2v) is 8.69. The molecule has 7 nitrogen and oxygen atoms in total. The molecule has 1 amide bonds. The minimum atomic E-state index is -0.531. The molecule has 0 unspecified atom stereocenters. The van der Waals surface area contributed by atoms with Crippen LogP contribution < -0.4 is 19.6 Å². The van der Waals surface area contributed by atoms with E-state index >= 15 is 0 Å². The smallest absolute Gasteiger partial charge is 0.343 e. The van der Waals surface area contributed by atoms with E-state index in [0.29, 0.717) is 49.1 Å². The zero-order valence-electron chi connectivity index (χ0n) is 18.1. The zero-order valence-corrected chi connectivity index (χ0v) is 21.8. The van der Waals surface area contributed by atoms with Crippen molar-refractivity contribution < 1.29 is 23.8 Å². The van der Waals surface area contributed by atoms with E-state index < -0.39 is 11.9 Å². The number of halogens is 3. The van der Waals surface area contributed by atoms with Crippen molar-refractivity contribution in [2.75, 3.05) is 13.7 Å². The number of benzene rings is 3. The zero-order chi connectivity index (χ0) is 24.7. The molecule has 0 radical (unpaired) electrons. The average Bonchev–Trinajstić information content (AvgIpc) is 2.83. The van der Waals surface area contributed by atoms with E-state index in [-0.39, 0.29) is 5.02 Å². The first-order valence-electron chi connectivity index (χ1n) is 9.93. The third kappa shape index (κ3) is 6.62. The van der Waals surface area contributed by atoms with Crippen LogP contribution in [0.3, 0.4) is 0 Å². The van der Waals surface area contributed by atoms with E-state index in [2.05, 4.69) is 10.5 Å². The van der Waals surface area contributed by atoms with Crippen LogP contribution in [0.25, 0.3) is 0 Å². The third-order valence-electron chi connectivity index (χ3n) is 4.41. The van der Waals surface area contributed by atoms with Gasteiger partial charge in [0.15, 0.2) is 11.5 Å². The number of amides is 1. The highest BCUT2D eigenvalue weighted by Crippen LogP contribution is 2.34. The number of nitrogens with zero attached hydrogens (tertiary/aromatic N) is 1. The highest BCUT2D eigenvalue weighted by molar-refractivity contribution is 14.1. The summed E-state index contributed by atoms with van der Waals surface area (Å²) in [6.45, 7) is 2.18.